The molecule has 0 radical (unpaired) electrons. The number of nitrogens with zero attached hydrogens (tertiary/aromatic N) is 3. The third-order valence-electron chi connectivity index (χ3n) is 4.10. The molecular weight excluding hydrogens is 378 g/mol. The van der Waals surface area contributed by atoms with Gasteiger partial charge in [-0.1, -0.05) is 35.5 Å². The number of hydrogen-bond acceptors (Lipinski definition) is 7. The van der Waals surface area contributed by atoms with E-state index >= 15 is 0 Å². The number of rotatable bonds is 6. The summed E-state index contributed by atoms with van der Waals surface area (Å²) in [4.78, 5) is 43.5. The first-order chi connectivity index (χ1) is 14.1. The van der Waals surface area contributed by atoms with Crippen molar-refractivity contribution < 1.29 is 13.7 Å². The monoisotopic (exact) mass is 393 g/mol. The third-order valence-corrected chi connectivity index (χ3v) is 4.10. The van der Waals surface area contributed by atoms with Crippen molar-refractivity contribution in [1.82, 2.24) is 25.0 Å². The van der Waals surface area contributed by atoms with E-state index in [0.717, 1.165) is 16.3 Å². The van der Waals surface area contributed by atoms with Crippen LogP contribution in [0.1, 0.15) is 22.0 Å². The van der Waals surface area contributed by atoms with E-state index in [1.165, 1.54) is 6.26 Å². The van der Waals surface area contributed by atoms with Gasteiger partial charge in [0.15, 0.2) is 0 Å². The van der Waals surface area contributed by atoms with Crippen LogP contribution in [-0.4, -0.2) is 25.6 Å². The number of nitrogens with one attached hydrogen (secondary N) is 2. The summed E-state index contributed by atoms with van der Waals surface area (Å²) in [5, 5.41) is 6.39. The van der Waals surface area contributed by atoms with Gasteiger partial charge in [0.2, 0.25) is 11.7 Å². The number of H-pyrrole nitrogens is 1. The van der Waals surface area contributed by atoms with Gasteiger partial charge in [-0.05, 0) is 12.1 Å². The third kappa shape index (κ3) is 3.90. The van der Waals surface area contributed by atoms with E-state index in [2.05, 4.69) is 20.4 Å². The van der Waals surface area contributed by atoms with Crippen molar-refractivity contribution in [3.05, 3.63) is 93.0 Å². The molecule has 1 amide bonds. The normalized spacial score (nSPS) is 10.8. The highest BCUT2D eigenvalue weighted by molar-refractivity contribution is 5.93. The second kappa shape index (κ2) is 7.80. The van der Waals surface area contributed by atoms with E-state index in [-0.39, 0.29) is 24.5 Å². The lowest BCUT2D eigenvalue weighted by Crippen LogP contribution is -2.40. The lowest BCUT2D eigenvalue weighted by atomic mass is 10.2. The van der Waals surface area contributed by atoms with Crippen LogP contribution in [-0.2, 0) is 13.1 Å². The van der Waals surface area contributed by atoms with Gasteiger partial charge >= 0.3 is 5.69 Å². The minimum Gasteiger partial charge on any atom is -0.467 e. The minimum absolute atomic E-state index is 0.0740. The van der Waals surface area contributed by atoms with Crippen molar-refractivity contribution in [1.29, 1.82) is 0 Å². The Balaban J connectivity index is 1.49. The van der Waals surface area contributed by atoms with Gasteiger partial charge in [-0.25, -0.2) is 4.79 Å². The van der Waals surface area contributed by atoms with Crippen LogP contribution in [0.5, 0.6) is 0 Å². The van der Waals surface area contributed by atoms with Crippen LogP contribution in [0, 0.1) is 0 Å². The summed E-state index contributed by atoms with van der Waals surface area (Å²) in [5.41, 5.74) is -0.834. The van der Waals surface area contributed by atoms with Crippen LogP contribution in [0.25, 0.3) is 11.4 Å². The van der Waals surface area contributed by atoms with Crippen LogP contribution in [0.4, 0.5) is 0 Å². The van der Waals surface area contributed by atoms with Crippen LogP contribution < -0.4 is 16.6 Å². The van der Waals surface area contributed by atoms with Crippen LogP contribution in [0.2, 0.25) is 0 Å². The van der Waals surface area contributed by atoms with Crippen molar-refractivity contribution >= 4 is 5.91 Å². The Morgan fingerprint density at radius 2 is 1.97 bits per heavy atom. The summed E-state index contributed by atoms with van der Waals surface area (Å²) in [5.74, 6) is 0.297. The molecule has 1 aromatic carbocycles. The molecule has 0 bridgehead atoms. The van der Waals surface area contributed by atoms with Crippen LogP contribution >= 0.6 is 0 Å². The molecule has 146 valence electrons. The molecule has 0 unspecified atom stereocenters. The van der Waals surface area contributed by atoms with E-state index in [1.807, 2.05) is 30.3 Å². The van der Waals surface area contributed by atoms with Crippen molar-refractivity contribution in [3.8, 4) is 11.4 Å². The molecule has 10 nitrogen and oxygen atoms in total. The molecule has 0 atom stereocenters. The Morgan fingerprint density at radius 1 is 1.14 bits per heavy atom. The molecular formula is C19H15N5O5. The molecule has 0 fully saturated rings. The maximum absolute atomic E-state index is 12.5. The molecule has 4 rings (SSSR count). The summed E-state index contributed by atoms with van der Waals surface area (Å²) in [6.07, 6.45) is 2.50. The molecule has 0 saturated carbocycles. The molecule has 29 heavy (non-hydrogen) atoms. The van der Waals surface area contributed by atoms with Crippen molar-refractivity contribution in [2.45, 2.75) is 13.1 Å². The molecule has 4 aromatic rings. The number of hydrogen-bond donors (Lipinski definition) is 2. The van der Waals surface area contributed by atoms with E-state index in [0.29, 0.717) is 11.6 Å². The Hall–Kier alpha value is -4.21. The Morgan fingerprint density at radius 3 is 2.72 bits per heavy atom. The van der Waals surface area contributed by atoms with Crippen molar-refractivity contribution in [2.75, 3.05) is 0 Å². The molecule has 3 aromatic heterocycles. The first kappa shape index (κ1) is 18.2. The number of furan rings is 1. The molecule has 2 N–H and O–H groups in total. The maximum atomic E-state index is 12.5. The minimum atomic E-state index is -0.738. The zero-order chi connectivity index (χ0) is 20.2. The summed E-state index contributed by atoms with van der Waals surface area (Å²) in [7, 11) is 0. The Labute approximate surface area is 162 Å². The standard InChI is InChI=1S/C19H15N5O5/c25-17(20-10-15-22-16(23-29-15)12-5-2-1-3-6-12)14-9-21-19(27)24(18(14)26)11-13-7-4-8-28-13/h1-9H,10-11H2,(H,20,25)(H,21,27). The van der Waals surface area contributed by atoms with Gasteiger partial charge in [-0.2, -0.15) is 4.98 Å². The van der Waals surface area contributed by atoms with Crippen LogP contribution in [0.3, 0.4) is 0 Å². The lowest BCUT2D eigenvalue weighted by molar-refractivity contribution is 0.0943. The zero-order valence-corrected chi connectivity index (χ0v) is 15.0. The second-order valence-corrected chi connectivity index (χ2v) is 6.04. The summed E-state index contributed by atoms with van der Waals surface area (Å²) in [6.45, 7) is -0.165. The quantitative estimate of drug-likeness (QED) is 0.501. The van der Waals surface area contributed by atoms with Gasteiger partial charge in [0.1, 0.15) is 11.3 Å². The van der Waals surface area contributed by atoms with Crippen LogP contribution in [0.15, 0.2) is 73.5 Å². The first-order valence-electron chi connectivity index (χ1n) is 8.63. The number of carbonyl (C=O) groups is 1. The first-order valence-corrected chi connectivity index (χ1v) is 8.63. The molecule has 0 saturated heterocycles. The largest absolute Gasteiger partial charge is 0.467 e. The van der Waals surface area contributed by atoms with Crippen molar-refractivity contribution in [2.24, 2.45) is 0 Å². The summed E-state index contributed by atoms with van der Waals surface area (Å²) >= 11 is 0. The number of aromatic nitrogens is 4. The van der Waals surface area contributed by atoms with Gasteiger partial charge in [0.25, 0.3) is 11.5 Å². The maximum Gasteiger partial charge on any atom is 0.328 e. The van der Waals surface area contributed by atoms with Gasteiger partial charge < -0.3 is 19.2 Å². The smallest absolute Gasteiger partial charge is 0.328 e. The number of aromatic amines is 1. The number of carbonyl (C=O) groups excluding carboxylic acids is 1. The average molecular weight is 393 g/mol. The summed E-state index contributed by atoms with van der Waals surface area (Å²) in [6, 6.07) is 12.5. The molecule has 10 heteroatoms. The fourth-order valence-electron chi connectivity index (χ4n) is 2.66. The molecule has 3 heterocycles. The predicted molar refractivity (Wildman–Crippen MR) is 100 cm³/mol. The molecule has 0 aliphatic rings. The SMILES string of the molecule is O=C(NCc1nc(-c2ccccc2)no1)c1c[nH]c(=O)n(Cc2ccco2)c1=O. The second-order valence-electron chi connectivity index (χ2n) is 6.04. The highest BCUT2D eigenvalue weighted by Gasteiger charge is 2.17. The summed E-state index contributed by atoms with van der Waals surface area (Å²) < 4.78 is 11.2. The van der Waals surface area contributed by atoms with Crippen molar-refractivity contribution in [3.63, 3.8) is 0 Å². The lowest BCUT2D eigenvalue weighted by Gasteiger charge is -2.06. The number of benzene rings is 1. The van der Waals surface area contributed by atoms with Gasteiger partial charge in [-0.3, -0.25) is 14.2 Å². The highest BCUT2D eigenvalue weighted by atomic mass is 16.5. The number of amides is 1. The van der Waals surface area contributed by atoms with Gasteiger partial charge in [0, 0.05) is 11.8 Å². The molecule has 0 aliphatic heterocycles. The van der Waals surface area contributed by atoms with Gasteiger partial charge in [-0.15, -0.1) is 0 Å². The molecule has 0 spiro atoms. The topological polar surface area (TPSA) is 136 Å². The fraction of sp³-hybridized carbons (Fsp3) is 0.105. The van der Waals surface area contributed by atoms with E-state index in [9.17, 15) is 14.4 Å². The zero-order valence-electron chi connectivity index (χ0n) is 15.0. The van der Waals surface area contributed by atoms with E-state index in [4.69, 9.17) is 8.94 Å². The Bertz CT molecular complexity index is 1240. The average Bonchev–Trinajstić information content (AvgIpc) is 3.42. The van der Waals surface area contributed by atoms with E-state index < -0.39 is 17.2 Å². The Kier molecular flexibility index (Phi) is 4.89. The predicted octanol–water partition coefficient (Wildman–Crippen LogP) is 1.16. The van der Waals surface area contributed by atoms with E-state index in [1.54, 1.807) is 12.1 Å². The fourth-order valence-corrected chi connectivity index (χ4v) is 2.66. The van der Waals surface area contributed by atoms with Gasteiger partial charge in [0.05, 0.1) is 19.4 Å². The highest BCUT2D eigenvalue weighted by Crippen LogP contribution is 2.14. The molecule has 0 aliphatic carbocycles.